The molecule has 2 aromatic rings. The summed E-state index contributed by atoms with van der Waals surface area (Å²) in [5.74, 6) is -0.187. The lowest BCUT2D eigenvalue weighted by Crippen LogP contribution is -2.32. The van der Waals surface area contributed by atoms with Crippen molar-refractivity contribution in [2.24, 2.45) is 5.73 Å². The lowest BCUT2D eigenvalue weighted by molar-refractivity contribution is -0.117. The molecule has 0 aliphatic rings. The van der Waals surface area contributed by atoms with Crippen LogP contribution in [0.3, 0.4) is 0 Å². The number of benzene rings is 1. The Balaban J connectivity index is 2.29. The summed E-state index contributed by atoms with van der Waals surface area (Å²) in [6.07, 6.45) is 3.51. The van der Waals surface area contributed by atoms with Crippen molar-refractivity contribution in [2.45, 2.75) is 13.0 Å². The average molecular weight is 215 g/mol. The van der Waals surface area contributed by atoms with E-state index < -0.39 is 6.04 Å². The number of rotatable bonds is 2. The molecule has 1 aromatic heterocycles. The Morgan fingerprint density at radius 2 is 2.19 bits per heavy atom. The molecule has 1 aromatic carbocycles. The second-order valence-corrected chi connectivity index (χ2v) is 3.72. The molecule has 0 fully saturated rings. The summed E-state index contributed by atoms with van der Waals surface area (Å²) >= 11 is 0. The molecule has 3 N–H and O–H groups in total. The summed E-state index contributed by atoms with van der Waals surface area (Å²) in [5.41, 5.74) is 6.23. The van der Waals surface area contributed by atoms with Crippen LogP contribution in [0.1, 0.15) is 6.92 Å². The zero-order valence-electron chi connectivity index (χ0n) is 8.97. The molecule has 82 valence electrons. The maximum atomic E-state index is 11.4. The topological polar surface area (TPSA) is 68.0 Å². The summed E-state index contributed by atoms with van der Waals surface area (Å²) < 4.78 is 0. The van der Waals surface area contributed by atoms with E-state index in [-0.39, 0.29) is 5.91 Å². The van der Waals surface area contributed by atoms with Crippen molar-refractivity contribution in [1.82, 2.24) is 4.98 Å². The molecule has 16 heavy (non-hydrogen) atoms. The molecule has 0 saturated heterocycles. The van der Waals surface area contributed by atoms with Crippen molar-refractivity contribution >= 4 is 22.4 Å². The number of carbonyl (C=O) groups is 1. The van der Waals surface area contributed by atoms with E-state index in [1.165, 1.54) is 0 Å². The molecule has 1 heterocycles. The van der Waals surface area contributed by atoms with Crippen molar-refractivity contribution in [1.29, 1.82) is 0 Å². The van der Waals surface area contributed by atoms with Gasteiger partial charge in [-0.3, -0.25) is 9.78 Å². The van der Waals surface area contributed by atoms with Gasteiger partial charge in [0.1, 0.15) is 0 Å². The molecule has 0 aliphatic heterocycles. The maximum absolute atomic E-state index is 11.4. The highest BCUT2D eigenvalue weighted by molar-refractivity contribution is 5.96. The highest BCUT2D eigenvalue weighted by Gasteiger charge is 2.07. The highest BCUT2D eigenvalue weighted by Crippen LogP contribution is 2.17. The first-order chi connectivity index (χ1) is 7.66. The Labute approximate surface area is 93.5 Å². The number of anilines is 1. The van der Waals surface area contributed by atoms with Crippen LogP contribution >= 0.6 is 0 Å². The zero-order chi connectivity index (χ0) is 11.5. The number of hydrogen-bond acceptors (Lipinski definition) is 3. The predicted molar refractivity (Wildman–Crippen MR) is 64.0 cm³/mol. The van der Waals surface area contributed by atoms with E-state index in [4.69, 9.17) is 5.73 Å². The van der Waals surface area contributed by atoms with Gasteiger partial charge < -0.3 is 11.1 Å². The van der Waals surface area contributed by atoms with Gasteiger partial charge in [-0.1, -0.05) is 6.07 Å². The first-order valence-electron chi connectivity index (χ1n) is 5.07. The Morgan fingerprint density at radius 3 is 2.94 bits per heavy atom. The molecule has 0 saturated carbocycles. The average Bonchev–Trinajstić information content (AvgIpc) is 2.28. The van der Waals surface area contributed by atoms with Crippen molar-refractivity contribution < 1.29 is 4.79 Å². The number of fused-ring (bicyclic) bond motifs is 1. The molecule has 0 radical (unpaired) electrons. The molecular formula is C12H13N3O. The van der Waals surface area contributed by atoms with Crippen LogP contribution in [-0.2, 0) is 4.79 Å². The molecule has 1 amide bonds. The predicted octanol–water partition coefficient (Wildman–Crippen LogP) is 1.52. The summed E-state index contributed by atoms with van der Waals surface area (Å²) in [4.78, 5) is 15.4. The van der Waals surface area contributed by atoms with E-state index in [1.807, 2.05) is 24.3 Å². The quantitative estimate of drug-likeness (QED) is 0.798. The maximum Gasteiger partial charge on any atom is 0.240 e. The number of nitrogens with one attached hydrogen (secondary N) is 1. The fourth-order valence-electron chi connectivity index (χ4n) is 1.42. The van der Waals surface area contributed by atoms with Gasteiger partial charge in [-0.05, 0) is 30.5 Å². The summed E-state index contributed by atoms with van der Waals surface area (Å²) in [7, 11) is 0. The van der Waals surface area contributed by atoms with Gasteiger partial charge in [0.25, 0.3) is 0 Å². The number of pyridine rings is 1. The Morgan fingerprint density at radius 1 is 1.38 bits per heavy atom. The molecular weight excluding hydrogens is 202 g/mol. The van der Waals surface area contributed by atoms with Gasteiger partial charge in [0, 0.05) is 23.5 Å². The molecule has 2 rings (SSSR count). The minimum atomic E-state index is -0.506. The van der Waals surface area contributed by atoms with Crippen molar-refractivity contribution in [3.63, 3.8) is 0 Å². The van der Waals surface area contributed by atoms with E-state index in [0.29, 0.717) is 0 Å². The van der Waals surface area contributed by atoms with Crippen LogP contribution in [0.5, 0.6) is 0 Å². The lowest BCUT2D eigenvalue weighted by atomic mass is 10.1. The smallest absolute Gasteiger partial charge is 0.240 e. The Hall–Kier alpha value is -1.94. The second-order valence-electron chi connectivity index (χ2n) is 3.72. The van der Waals surface area contributed by atoms with Crippen LogP contribution < -0.4 is 11.1 Å². The molecule has 4 heteroatoms. The Bertz CT molecular complexity index is 522. The number of hydrogen-bond donors (Lipinski definition) is 2. The first-order valence-corrected chi connectivity index (χ1v) is 5.07. The molecule has 1 unspecified atom stereocenters. The van der Waals surface area contributed by atoms with Crippen molar-refractivity contribution in [2.75, 3.05) is 5.32 Å². The molecule has 1 atom stereocenters. The first kappa shape index (κ1) is 10.6. The van der Waals surface area contributed by atoms with Crippen LogP contribution in [0.2, 0.25) is 0 Å². The largest absolute Gasteiger partial charge is 0.325 e. The van der Waals surface area contributed by atoms with E-state index in [9.17, 15) is 4.79 Å². The number of aromatic nitrogens is 1. The normalized spacial score (nSPS) is 12.4. The molecule has 4 nitrogen and oxygen atoms in total. The van der Waals surface area contributed by atoms with Crippen molar-refractivity contribution in [3.05, 3.63) is 36.7 Å². The van der Waals surface area contributed by atoms with Gasteiger partial charge in [-0.25, -0.2) is 0 Å². The third-order valence-corrected chi connectivity index (χ3v) is 2.32. The van der Waals surface area contributed by atoms with Crippen LogP contribution in [0.15, 0.2) is 36.7 Å². The fraction of sp³-hybridized carbons (Fsp3) is 0.167. The van der Waals surface area contributed by atoms with Crippen molar-refractivity contribution in [3.8, 4) is 0 Å². The number of carbonyl (C=O) groups excluding carboxylic acids is 1. The SMILES string of the molecule is CC(N)C(=O)Nc1ccc2cnccc2c1. The third kappa shape index (κ3) is 2.17. The fourth-order valence-corrected chi connectivity index (χ4v) is 1.42. The van der Waals surface area contributed by atoms with Gasteiger partial charge in [0.05, 0.1) is 6.04 Å². The van der Waals surface area contributed by atoms with Gasteiger partial charge >= 0.3 is 0 Å². The summed E-state index contributed by atoms with van der Waals surface area (Å²) in [5, 5.41) is 4.83. The second kappa shape index (κ2) is 4.28. The minimum absolute atomic E-state index is 0.187. The summed E-state index contributed by atoms with van der Waals surface area (Å²) in [6.45, 7) is 1.65. The van der Waals surface area contributed by atoms with Gasteiger partial charge in [0.2, 0.25) is 5.91 Å². The van der Waals surface area contributed by atoms with E-state index in [0.717, 1.165) is 16.5 Å². The number of nitrogens with zero attached hydrogens (tertiary/aromatic N) is 1. The monoisotopic (exact) mass is 215 g/mol. The van der Waals surface area contributed by atoms with Gasteiger partial charge in [-0.2, -0.15) is 0 Å². The standard InChI is InChI=1S/C12H13N3O/c1-8(13)12(16)15-11-3-2-10-7-14-5-4-9(10)6-11/h2-8H,13H2,1H3,(H,15,16). The van der Waals surface area contributed by atoms with Gasteiger partial charge in [0.15, 0.2) is 0 Å². The Kier molecular flexibility index (Phi) is 2.83. The molecule has 0 spiro atoms. The van der Waals surface area contributed by atoms with Crippen LogP contribution in [0.4, 0.5) is 5.69 Å². The van der Waals surface area contributed by atoms with E-state index in [1.54, 1.807) is 19.3 Å². The van der Waals surface area contributed by atoms with Crippen LogP contribution in [0.25, 0.3) is 10.8 Å². The highest BCUT2D eigenvalue weighted by atomic mass is 16.2. The van der Waals surface area contributed by atoms with E-state index in [2.05, 4.69) is 10.3 Å². The van der Waals surface area contributed by atoms with Gasteiger partial charge in [-0.15, -0.1) is 0 Å². The van der Waals surface area contributed by atoms with Crippen LogP contribution in [-0.4, -0.2) is 16.9 Å². The number of amides is 1. The molecule has 0 aliphatic carbocycles. The lowest BCUT2D eigenvalue weighted by Gasteiger charge is -2.08. The third-order valence-electron chi connectivity index (χ3n) is 2.32. The van der Waals surface area contributed by atoms with E-state index >= 15 is 0 Å². The minimum Gasteiger partial charge on any atom is -0.325 e. The summed E-state index contributed by atoms with van der Waals surface area (Å²) in [6, 6.07) is 7.05. The van der Waals surface area contributed by atoms with Crippen LogP contribution in [0, 0.1) is 0 Å². The zero-order valence-corrected chi connectivity index (χ0v) is 8.97. The molecule has 0 bridgehead atoms. The number of nitrogens with two attached hydrogens (primary N) is 1.